The molecule has 2 aliphatic rings. The number of rotatable bonds is 6. The molecule has 2 saturated heterocycles. The molecule has 1 aromatic carbocycles. The minimum Gasteiger partial charge on any atom is -0.343 e. The van der Waals surface area contributed by atoms with Crippen LogP contribution >= 0.6 is 0 Å². The fourth-order valence-electron chi connectivity index (χ4n) is 4.55. The van der Waals surface area contributed by atoms with E-state index >= 15 is 0 Å². The number of nitrogens with zero attached hydrogens (tertiary/aromatic N) is 2. The Labute approximate surface area is 153 Å². The maximum atomic E-state index is 12.6. The van der Waals surface area contributed by atoms with Crippen LogP contribution in [-0.4, -0.2) is 47.9 Å². The van der Waals surface area contributed by atoms with Gasteiger partial charge in [-0.25, -0.2) is 0 Å². The molecule has 0 aliphatic carbocycles. The van der Waals surface area contributed by atoms with E-state index < -0.39 is 0 Å². The first-order valence-corrected chi connectivity index (χ1v) is 10.3. The van der Waals surface area contributed by atoms with Gasteiger partial charge in [-0.1, -0.05) is 43.7 Å². The van der Waals surface area contributed by atoms with Crippen molar-refractivity contribution in [3.8, 4) is 0 Å². The van der Waals surface area contributed by atoms with Crippen molar-refractivity contribution in [3.05, 3.63) is 35.9 Å². The van der Waals surface area contributed by atoms with Gasteiger partial charge in [0.15, 0.2) is 0 Å². The average molecular weight is 343 g/mol. The third-order valence-corrected chi connectivity index (χ3v) is 6.17. The summed E-state index contributed by atoms with van der Waals surface area (Å²) in [6.07, 6.45) is 9.38. The van der Waals surface area contributed by atoms with E-state index in [4.69, 9.17) is 0 Å². The van der Waals surface area contributed by atoms with Crippen molar-refractivity contribution in [3.63, 3.8) is 0 Å². The summed E-state index contributed by atoms with van der Waals surface area (Å²) in [7, 11) is 0. The topological polar surface area (TPSA) is 23.6 Å². The van der Waals surface area contributed by atoms with Crippen LogP contribution in [0.3, 0.4) is 0 Å². The molecule has 3 heteroatoms. The van der Waals surface area contributed by atoms with E-state index in [0.29, 0.717) is 18.4 Å². The molecule has 3 rings (SSSR count). The van der Waals surface area contributed by atoms with Gasteiger partial charge in [0.2, 0.25) is 5.91 Å². The second-order valence-corrected chi connectivity index (χ2v) is 7.86. The van der Waals surface area contributed by atoms with Gasteiger partial charge in [-0.2, -0.15) is 0 Å². The maximum absolute atomic E-state index is 12.6. The zero-order valence-electron chi connectivity index (χ0n) is 15.8. The monoisotopic (exact) mass is 342 g/mol. The molecule has 1 amide bonds. The lowest BCUT2D eigenvalue weighted by atomic mass is 9.90. The number of piperidine rings is 2. The highest BCUT2D eigenvalue weighted by Crippen LogP contribution is 2.23. The van der Waals surface area contributed by atoms with Gasteiger partial charge < -0.3 is 4.90 Å². The van der Waals surface area contributed by atoms with Crippen molar-refractivity contribution in [2.24, 2.45) is 5.92 Å². The number of likely N-dealkylation sites (tertiary alicyclic amines) is 2. The molecule has 2 fully saturated rings. The molecule has 0 radical (unpaired) electrons. The minimum absolute atomic E-state index is 0.374. The maximum Gasteiger partial charge on any atom is 0.223 e. The summed E-state index contributed by atoms with van der Waals surface area (Å²) in [5, 5.41) is 0. The lowest BCUT2D eigenvalue weighted by Gasteiger charge is -2.36. The van der Waals surface area contributed by atoms with Gasteiger partial charge in [0.05, 0.1) is 0 Å². The molecule has 0 bridgehead atoms. The Hall–Kier alpha value is -1.35. The Morgan fingerprint density at radius 2 is 1.80 bits per heavy atom. The van der Waals surface area contributed by atoms with E-state index in [1.807, 2.05) is 0 Å². The fourth-order valence-corrected chi connectivity index (χ4v) is 4.55. The Morgan fingerprint density at radius 3 is 2.52 bits per heavy atom. The number of hydrogen-bond donors (Lipinski definition) is 0. The molecule has 25 heavy (non-hydrogen) atoms. The molecule has 0 aromatic heterocycles. The molecular formula is C22H34N2O. The smallest absolute Gasteiger partial charge is 0.223 e. The van der Waals surface area contributed by atoms with Crippen LogP contribution < -0.4 is 0 Å². The number of amides is 1. The predicted octanol–water partition coefficient (Wildman–Crippen LogP) is 4.12. The molecular weight excluding hydrogens is 308 g/mol. The van der Waals surface area contributed by atoms with Crippen LogP contribution in [0.15, 0.2) is 30.3 Å². The molecule has 138 valence electrons. The van der Waals surface area contributed by atoms with Crippen molar-refractivity contribution in [2.75, 3.05) is 26.2 Å². The SMILES string of the molecule is CCC1CCCCN1CCC(=O)N1CCC(Cc2ccccc2)CC1. The molecule has 0 saturated carbocycles. The summed E-state index contributed by atoms with van der Waals surface area (Å²) in [6.45, 7) is 6.33. The number of benzene rings is 1. The van der Waals surface area contributed by atoms with Crippen molar-refractivity contribution >= 4 is 5.91 Å². The van der Waals surface area contributed by atoms with E-state index in [0.717, 1.165) is 44.8 Å². The summed E-state index contributed by atoms with van der Waals surface area (Å²) >= 11 is 0. The molecule has 2 heterocycles. The van der Waals surface area contributed by atoms with Crippen molar-refractivity contribution in [1.82, 2.24) is 9.80 Å². The highest BCUT2D eigenvalue weighted by Gasteiger charge is 2.25. The largest absolute Gasteiger partial charge is 0.343 e. The normalized spacial score (nSPS) is 22.9. The van der Waals surface area contributed by atoms with E-state index in [1.54, 1.807) is 0 Å². The summed E-state index contributed by atoms with van der Waals surface area (Å²) in [4.78, 5) is 17.3. The molecule has 1 unspecified atom stereocenters. The number of carbonyl (C=O) groups is 1. The third-order valence-electron chi connectivity index (χ3n) is 6.17. The fraction of sp³-hybridized carbons (Fsp3) is 0.682. The summed E-state index contributed by atoms with van der Waals surface area (Å²) in [5.41, 5.74) is 1.43. The first kappa shape index (κ1) is 18.4. The van der Waals surface area contributed by atoms with Crippen molar-refractivity contribution < 1.29 is 4.79 Å². The van der Waals surface area contributed by atoms with Crippen LogP contribution in [0.1, 0.15) is 57.4 Å². The average Bonchev–Trinajstić information content (AvgIpc) is 2.67. The molecule has 0 N–H and O–H groups in total. The van der Waals surface area contributed by atoms with Gasteiger partial charge >= 0.3 is 0 Å². The standard InChI is InChI=1S/C22H34N2O/c1-2-21-10-6-7-14-23(21)17-13-22(25)24-15-11-20(12-16-24)18-19-8-4-3-5-9-19/h3-5,8-9,20-21H,2,6-7,10-18H2,1H3. The predicted molar refractivity (Wildman–Crippen MR) is 104 cm³/mol. The van der Waals surface area contributed by atoms with Crippen LogP contribution in [0.4, 0.5) is 0 Å². The van der Waals surface area contributed by atoms with Crippen LogP contribution in [0, 0.1) is 5.92 Å². The van der Waals surface area contributed by atoms with E-state index in [-0.39, 0.29) is 0 Å². The highest BCUT2D eigenvalue weighted by atomic mass is 16.2. The molecule has 1 atom stereocenters. The Balaban J connectivity index is 1.39. The quantitative estimate of drug-likeness (QED) is 0.776. The van der Waals surface area contributed by atoms with Crippen LogP contribution in [0.25, 0.3) is 0 Å². The van der Waals surface area contributed by atoms with Crippen LogP contribution in [0.2, 0.25) is 0 Å². The molecule has 0 spiro atoms. The van der Waals surface area contributed by atoms with Crippen molar-refractivity contribution in [1.29, 1.82) is 0 Å². The van der Waals surface area contributed by atoms with E-state index in [2.05, 4.69) is 47.1 Å². The lowest BCUT2D eigenvalue weighted by Crippen LogP contribution is -2.43. The van der Waals surface area contributed by atoms with Gasteiger partial charge in [0, 0.05) is 32.1 Å². The molecule has 1 aromatic rings. The zero-order chi connectivity index (χ0) is 17.5. The first-order valence-electron chi connectivity index (χ1n) is 10.3. The van der Waals surface area contributed by atoms with E-state index in [9.17, 15) is 4.79 Å². The number of hydrogen-bond acceptors (Lipinski definition) is 2. The Kier molecular flexibility index (Phi) is 6.92. The van der Waals surface area contributed by atoms with E-state index in [1.165, 1.54) is 37.8 Å². The van der Waals surface area contributed by atoms with Gasteiger partial charge in [-0.15, -0.1) is 0 Å². The van der Waals surface area contributed by atoms with Crippen LogP contribution in [0.5, 0.6) is 0 Å². The summed E-state index contributed by atoms with van der Waals surface area (Å²) < 4.78 is 0. The van der Waals surface area contributed by atoms with Crippen molar-refractivity contribution in [2.45, 2.75) is 64.3 Å². The van der Waals surface area contributed by atoms with Crippen LogP contribution in [-0.2, 0) is 11.2 Å². The Morgan fingerprint density at radius 1 is 1.04 bits per heavy atom. The lowest BCUT2D eigenvalue weighted by molar-refractivity contribution is -0.133. The minimum atomic E-state index is 0.374. The molecule has 2 aliphatic heterocycles. The van der Waals surface area contributed by atoms with Gasteiger partial charge in [0.25, 0.3) is 0 Å². The second-order valence-electron chi connectivity index (χ2n) is 7.86. The first-order chi connectivity index (χ1) is 12.3. The Bertz CT molecular complexity index is 522. The molecule has 3 nitrogen and oxygen atoms in total. The number of carbonyl (C=O) groups excluding carboxylic acids is 1. The van der Waals surface area contributed by atoms with Gasteiger partial charge in [-0.3, -0.25) is 9.69 Å². The highest BCUT2D eigenvalue weighted by molar-refractivity contribution is 5.76. The third kappa shape index (κ3) is 5.31. The summed E-state index contributed by atoms with van der Waals surface area (Å²) in [6, 6.07) is 11.5. The van der Waals surface area contributed by atoms with Gasteiger partial charge in [0.1, 0.15) is 0 Å². The summed E-state index contributed by atoms with van der Waals surface area (Å²) in [5.74, 6) is 1.11. The second kappa shape index (κ2) is 9.38. The zero-order valence-corrected chi connectivity index (χ0v) is 15.8. The van der Waals surface area contributed by atoms with Gasteiger partial charge in [-0.05, 0) is 56.6 Å².